The molecule has 104 valence electrons. The third kappa shape index (κ3) is 4.40. The minimum atomic E-state index is -0.173. The molecule has 0 aliphatic carbocycles. The van der Waals surface area contributed by atoms with Crippen molar-refractivity contribution >= 4 is 23.3 Å². The molecule has 0 aromatic heterocycles. The normalized spacial score (nSPS) is 17.2. The molecule has 5 heteroatoms. The summed E-state index contributed by atoms with van der Waals surface area (Å²) < 4.78 is 0. The highest BCUT2D eigenvalue weighted by atomic mass is 35.5. The molecule has 1 aromatic carbocycles. The highest BCUT2D eigenvalue weighted by Gasteiger charge is 2.18. The summed E-state index contributed by atoms with van der Waals surface area (Å²) in [4.78, 5) is 14.1. The van der Waals surface area contributed by atoms with Crippen LogP contribution >= 0.6 is 11.6 Å². The average Bonchev–Trinajstić information content (AvgIpc) is 2.93. The van der Waals surface area contributed by atoms with Gasteiger partial charge in [-0.2, -0.15) is 0 Å². The van der Waals surface area contributed by atoms with Crippen molar-refractivity contribution in [1.29, 1.82) is 0 Å². The third-order valence-corrected chi connectivity index (χ3v) is 3.68. The van der Waals surface area contributed by atoms with Crippen molar-refractivity contribution in [3.05, 3.63) is 29.3 Å². The molecule has 1 heterocycles. The monoisotopic (exact) mass is 281 g/mol. The molecule has 1 aromatic rings. The number of hydrogen-bond donors (Lipinski definition) is 2. The Morgan fingerprint density at radius 1 is 1.32 bits per heavy atom. The Kier molecular flexibility index (Phi) is 5.05. The average molecular weight is 282 g/mol. The van der Waals surface area contributed by atoms with Crippen LogP contribution in [0.1, 0.15) is 19.8 Å². The molecule has 1 aliphatic rings. The first-order chi connectivity index (χ1) is 9.15. The summed E-state index contributed by atoms with van der Waals surface area (Å²) in [6.07, 6.45) is 2.53. The van der Waals surface area contributed by atoms with Crippen LogP contribution in [-0.2, 0) is 0 Å². The number of halogens is 1. The van der Waals surface area contributed by atoms with Crippen LogP contribution in [0.15, 0.2) is 24.3 Å². The Morgan fingerprint density at radius 2 is 1.95 bits per heavy atom. The van der Waals surface area contributed by atoms with Crippen LogP contribution in [0.5, 0.6) is 0 Å². The molecule has 1 atom stereocenters. The molecule has 1 unspecified atom stereocenters. The van der Waals surface area contributed by atoms with Gasteiger partial charge < -0.3 is 10.6 Å². The molecule has 2 amide bonds. The number of nitrogens with one attached hydrogen (secondary N) is 2. The summed E-state index contributed by atoms with van der Waals surface area (Å²) >= 11 is 5.79. The van der Waals surface area contributed by atoms with E-state index >= 15 is 0 Å². The summed E-state index contributed by atoms with van der Waals surface area (Å²) in [5.41, 5.74) is 0.746. The fraction of sp³-hybridized carbons (Fsp3) is 0.500. The van der Waals surface area contributed by atoms with Gasteiger partial charge in [0, 0.05) is 23.3 Å². The van der Waals surface area contributed by atoms with Gasteiger partial charge in [0.15, 0.2) is 0 Å². The van der Waals surface area contributed by atoms with Crippen molar-refractivity contribution in [2.24, 2.45) is 0 Å². The van der Waals surface area contributed by atoms with E-state index in [9.17, 15) is 4.79 Å². The van der Waals surface area contributed by atoms with Crippen LogP contribution in [-0.4, -0.2) is 36.6 Å². The smallest absolute Gasteiger partial charge is 0.319 e. The Labute approximate surface area is 119 Å². The lowest BCUT2D eigenvalue weighted by atomic mass is 10.3. The summed E-state index contributed by atoms with van der Waals surface area (Å²) in [6.45, 7) is 5.09. The fourth-order valence-electron chi connectivity index (χ4n) is 2.26. The number of likely N-dealkylation sites (tertiary alicyclic amines) is 1. The standard InChI is InChI=1S/C14H20ClN3O/c1-11(18-8-2-3-9-18)10-16-14(19)17-13-6-4-12(15)5-7-13/h4-7,11H,2-3,8-10H2,1H3,(H2,16,17,19). The summed E-state index contributed by atoms with van der Waals surface area (Å²) in [5.74, 6) is 0. The maximum absolute atomic E-state index is 11.7. The van der Waals surface area contributed by atoms with Gasteiger partial charge in [-0.3, -0.25) is 4.90 Å². The predicted molar refractivity (Wildman–Crippen MR) is 78.7 cm³/mol. The summed E-state index contributed by atoms with van der Waals surface area (Å²) in [6, 6.07) is 7.29. The molecule has 0 radical (unpaired) electrons. The quantitative estimate of drug-likeness (QED) is 0.891. The lowest BCUT2D eigenvalue weighted by molar-refractivity contribution is 0.234. The molecule has 1 saturated heterocycles. The summed E-state index contributed by atoms with van der Waals surface area (Å²) in [5, 5.41) is 6.35. The van der Waals surface area contributed by atoms with Crippen LogP contribution in [0.3, 0.4) is 0 Å². The molecule has 2 rings (SSSR count). The minimum absolute atomic E-state index is 0.173. The maximum Gasteiger partial charge on any atom is 0.319 e. The van der Waals surface area contributed by atoms with Crippen LogP contribution < -0.4 is 10.6 Å². The second kappa shape index (κ2) is 6.78. The molecule has 2 N–H and O–H groups in total. The van der Waals surface area contributed by atoms with Gasteiger partial charge in [-0.05, 0) is 57.1 Å². The zero-order valence-corrected chi connectivity index (χ0v) is 11.9. The molecule has 0 saturated carbocycles. The van der Waals surface area contributed by atoms with E-state index < -0.39 is 0 Å². The number of urea groups is 1. The Bertz CT molecular complexity index is 415. The Morgan fingerprint density at radius 3 is 2.58 bits per heavy atom. The van der Waals surface area contributed by atoms with E-state index in [1.54, 1.807) is 24.3 Å². The van der Waals surface area contributed by atoms with E-state index in [2.05, 4.69) is 22.5 Å². The SMILES string of the molecule is CC(CNC(=O)Nc1ccc(Cl)cc1)N1CCCC1. The topological polar surface area (TPSA) is 44.4 Å². The van der Waals surface area contributed by atoms with E-state index in [0.29, 0.717) is 17.6 Å². The van der Waals surface area contributed by atoms with E-state index in [4.69, 9.17) is 11.6 Å². The second-order valence-electron chi connectivity index (χ2n) is 4.93. The maximum atomic E-state index is 11.7. The number of benzene rings is 1. The number of nitrogens with zero attached hydrogens (tertiary/aromatic N) is 1. The molecule has 0 spiro atoms. The first-order valence-corrected chi connectivity index (χ1v) is 7.07. The van der Waals surface area contributed by atoms with Gasteiger partial charge in [-0.15, -0.1) is 0 Å². The van der Waals surface area contributed by atoms with Gasteiger partial charge in [0.2, 0.25) is 0 Å². The van der Waals surface area contributed by atoms with Crippen molar-refractivity contribution in [1.82, 2.24) is 10.2 Å². The predicted octanol–water partition coefficient (Wildman–Crippen LogP) is 2.95. The zero-order chi connectivity index (χ0) is 13.7. The number of hydrogen-bond acceptors (Lipinski definition) is 2. The van der Waals surface area contributed by atoms with Crippen molar-refractivity contribution in [3.8, 4) is 0 Å². The number of carbonyl (C=O) groups excluding carboxylic acids is 1. The van der Waals surface area contributed by atoms with Gasteiger partial charge in [0.1, 0.15) is 0 Å². The third-order valence-electron chi connectivity index (χ3n) is 3.42. The van der Waals surface area contributed by atoms with Crippen molar-refractivity contribution in [3.63, 3.8) is 0 Å². The van der Waals surface area contributed by atoms with Gasteiger partial charge in [0.25, 0.3) is 0 Å². The Balaban J connectivity index is 1.73. The van der Waals surface area contributed by atoms with Gasteiger partial charge in [-0.25, -0.2) is 4.79 Å². The lowest BCUT2D eigenvalue weighted by Crippen LogP contribution is -2.42. The summed E-state index contributed by atoms with van der Waals surface area (Å²) in [7, 11) is 0. The molecule has 1 aliphatic heterocycles. The Hall–Kier alpha value is -1.26. The van der Waals surface area contributed by atoms with Crippen LogP contribution in [0, 0.1) is 0 Å². The highest BCUT2D eigenvalue weighted by Crippen LogP contribution is 2.13. The first-order valence-electron chi connectivity index (χ1n) is 6.69. The zero-order valence-electron chi connectivity index (χ0n) is 11.2. The molecule has 0 bridgehead atoms. The highest BCUT2D eigenvalue weighted by molar-refractivity contribution is 6.30. The minimum Gasteiger partial charge on any atom is -0.336 e. The molecule has 1 fully saturated rings. The van der Waals surface area contributed by atoms with E-state index in [0.717, 1.165) is 18.8 Å². The van der Waals surface area contributed by atoms with Crippen LogP contribution in [0.25, 0.3) is 0 Å². The number of rotatable bonds is 4. The van der Waals surface area contributed by atoms with E-state index in [1.165, 1.54) is 12.8 Å². The lowest BCUT2D eigenvalue weighted by Gasteiger charge is -2.23. The van der Waals surface area contributed by atoms with Crippen molar-refractivity contribution in [2.45, 2.75) is 25.8 Å². The van der Waals surface area contributed by atoms with Crippen molar-refractivity contribution in [2.75, 3.05) is 25.0 Å². The van der Waals surface area contributed by atoms with Crippen LogP contribution in [0.2, 0.25) is 5.02 Å². The van der Waals surface area contributed by atoms with E-state index in [1.807, 2.05) is 0 Å². The van der Waals surface area contributed by atoms with Gasteiger partial charge in [0.05, 0.1) is 0 Å². The van der Waals surface area contributed by atoms with Crippen LogP contribution in [0.4, 0.5) is 10.5 Å². The first kappa shape index (κ1) is 14.2. The molecular formula is C14H20ClN3O. The van der Waals surface area contributed by atoms with E-state index in [-0.39, 0.29) is 6.03 Å². The van der Waals surface area contributed by atoms with Crippen molar-refractivity contribution < 1.29 is 4.79 Å². The van der Waals surface area contributed by atoms with Gasteiger partial charge >= 0.3 is 6.03 Å². The molecule has 19 heavy (non-hydrogen) atoms. The number of anilines is 1. The molecular weight excluding hydrogens is 262 g/mol. The van der Waals surface area contributed by atoms with Gasteiger partial charge in [-0.1, -0.05) is 11.6 Å². The fourth-order valence-corrected chi connectivity index (χ4v) is 2.39. The second-order valence-corrected chi connectivity index (χ2v) is 5.37. The number of carbonyl (C=O) groups is 1. The molecule has 4 nitrogen and oxygen atoms in total. The number of amides is 2. The largest absolute Gasteiger partial charge is 0.336 e.